The lowest BCUT2D eigenvalue weighted by Gasteiger charge is -2.10. The maximum Gasteiger partial charge on any atom is 0.346 e. The third-order valence-corrected chi connectivity index (χ3v) is 6.03. The van der Waals surface area contributed by atoms with Crippen LogP contribution in [0.2, 0.25) is 0 Å². The SMILES string of the molecule is O=C(N=c1sc(CO)cn1-c1ccc2sccc2c1)N1CC[C@@H](F)C1. The van der Waals surface area contributed by atoms with Gasteiger partial charge in [0.1, 0.15) is 6.17 Å². The van der Waals surface area contributed by atoms with Gasteiger partial charge in [0.2, 0.25) is 0 Å². The monoisotopic (exact) mass is 377 g/mol. The molecule has 0 bridgehead atoms. The van der Waals surface area contributed by atoms with Gasteiger partial charge in [0.15, 0.2) is 4.80 Å². The van der Waals surface area contributed by atoms with Gasteiger partial charge in [-0.25, -0.2) is 9.18 Å². The average Bonchev–Trinajstić information content (AvgIpc) is 3.32. The molecule has 1 aliphatic rings. The fourth-order valence-electron chi connectivity index (χ4n) is 2.87. The van der Waals surface area contributed by atoms with E-state index in [2.05, 4.69) is 4.99 Å². The summed E-state index contributed by atoms with van der Waals surface area (Å²) in [5, 5.41) is 12.6. The number of nitrogens with zero attached hydrogens (tertiary/aromatic N) is 3. The molecule has 1 aromatic carbocycles. The first-order valence-electron chi connectivity index (χ1n) is 7.91. The first-order valence-corrected chi connectivity index (χ1v) is 9.61. The van der Waals surface area contributed by atoms with E-state index in [1.165, 1.54) is 20.9 Å². The molecule has 0 saturated carbocycles. The molecule has 0 aliphatic carbocycles. The molecule has 2 amide bonds. The molecule has 3 aromatic rings. The van der Waals surface area contributed by atoms with Crippen LogP contribution in [0.1, 0.15) is 11.3 Å². The van der Waals surface area contributed by atoms with E-state index in [0.29, 0.717) is 22.6 Å². The van der Waals surface area contributed by atoms with Crippen LogP contribution in [-0.2, 0) is 6.61 Å². The van der Waals surface area contributed by atoms with Gasteiger partial charge in [0.25, 0.3) is 0 Å². The number of hydrogen-bond donors (Lipinski definition) is 1. The Labute approximate surface area is 151 Å². The van der Waals surface area contributed by atoms with E-state index in [4.69, 9.17) is 0 Å². The van der Waals surface area contributed by atoms with Crippen molar-refractivity contribution in [1.29, 1.82) is 0 Å². The number of thiazole rings is 1. The van der Waals surface area contributed by atoms with Crippen molar-refractivity contribution in [3.8, 4) is 5.69 Å². The van der Waals surface area contributed by atoms with E-state index < -0.39 is 12.2 Å². The highest BCUT2D eigenvalue weighted by Crippen LogP contribution is 2.23. The number of likely N-dealkylation sites (tertiary alicyclic amines) is 1. The number of aliphatic hydroxyl groups is 1. The summed E-state index contributed by atoms with van der Waals surface area (Å²) in [7, 11) is 0. The lowest BCUT2D eigenvalue weighted by atomic mass is 10.2. The molecule has 1 N–H and O–H groups in total. The molecular formula is C17H16FN3O2S2. The van der Waals surface area contributed by atoms with Crippen molar-refractivity contribution >= 4 is 38.8 Å². The molecule has 1 saturated heterocycles. The van der Waals surface area contributed by atoms with Gasteiger partial charge in [-0.2, -0.15) is 4.99 Å². The summed E-state index contributed by atoms with van der Waals surface area (Å²) >= 11 is 2.92. The Morgan fingerprint density at radius 3 is 3.04 bits per heavy atom. The second kappa shape index (κ2) is 6.70. The van der Waals surface area contributed by atoms with Gasteiger partial charge in [-0.15, -0.1) is 11.3 Å². The van der Waals surface area contributed by atoms with Gasteiger partial charge in [0.05, 0.1) is 18.0 Å². The molecule has 0 radical (unpaired) electrons. The van der Waals surface area contributed by atoms with E-state index >= 15 is 0 Å². The predicted octanol–water partition coefficient (Wildman–Crippen LogP) is 3.31. The Bertz CT molecular complexity index is 991. The number of hydrogen-bond acceptors (Lipinski definition) is 4. The fourth-order valence-corrected chi connectivity index (χ4v) is 4.48. The van der Waals surface area contributed by atoms with E-state index in [0.717, 1.165) is 11.1 Å². The smallest absolute Gasteiger partial charge is 0.346 e. The number of fused-ring (bicyclic) bond motifs is 1. The summed E-state index contributed by atoms with van der Waals surface area (Å²) in [6, 6.07) is 7.62. The fraction of sp³-hybridized carbons (Fsp3) is 0.294. The van der Waals surface area contributed by atoms with Crippen molar-refractivity contribution in [1.82, 2.24) is 9.47 Å². The summed E-state index contributed by atoms with van der Waals surface area (Å²) in [5.74, 6) is 0. The molecule has 2 aromatic heterocycles. The van der Waals surface area contributed by atoms with Crippen molar-refractivity contribution in [2.24, 2.45) is 4.99 Å². The third-order valence-electron chi connectivity index (χ3n) is 4.16. The Kier molecular flexibility index (Phi) is 4.41. The zero-order valence-electron chi connectivity index (χ0n) is 13.3. The quantitative estimate of drug-likeness (QED) is 0.745. The maximum atomic E-state index is 13.3. The maximum absolute atomic E-state index is 13.3. The molecule has 1 fully saturated rings. The number of benzene rings is 1. The van der Waals surface area contributed by atoms with Crippen molar-refractivity contribution in [2.75, 3.05) is 13.1 Å². The Balaban J connectivity index is 1.76. The first kappa shape index (κ1) is 16.4. The van der Waals surface area contributed by atoms with E-state index in [1.54, 1.807) is 22.1 Å². The van der Waals surface area contributed by atoms with Crippen molar-refractivity contribution < 1.29 is 14.3 Å². The van der Waals surface area contributed by atoms with Crippen molar-refractivity contribution in [2.45, 2.75) is 19.2 Å². The molecular weight excluding hydrogens is 361 g/mol. The number of carbonyl (C=O) groups is 1. The summed E-state index contributed by atoms with van der Waals surface area (Å²) in [6.07, 6.45) is 1.18. The Morgan fingerprint density at radius 2 is 2.28 bits per heavy atom. The van der Waals surface area contributed by atoms with Gasteiger partial charge in [-0.3, -0.25) is 4.57 Å². The van der Waals surface area contributed by atoms with Crippen LogP contribution in [0.15, 0.2) is 40.8 Å². The summed E-state index contributed by atoms with van der Waals surface area (Å²) in [4.78, 5) is 19.1. The van der Waals surface area contributed by atoms with Crippen molar-refractivity contribution in [3.63, 3.8) is 0 Å². The molecule has 0 unspecified atom stereocenters. The Morgan fingerprint density at radius 1 is 1.40 bits per heavy atom. The van der Waals surface area contributed by atoms with Crippen LogP contribution in [0.25, 0.3) is 15.8 Å². The predicted molar refractivity (Wildman–Crippen MR) is 97.0 cm³/mol. The van der Waals surface area contributed by atoms with Gasteiger partial charge in [-0.05, 0) is 41.5 Å². The molecule has 1 atom stereocenters. The lowest BCUT2D eigenvalue weighted by molar-refractivity contribution is 0.213. The van der Waals surface area contributed by atoms with Crippen LogP contribution in [0.4, 0.5) is 9.18 Å². The number of thiophene rings is 1. The zero-order chi connectivity index (χ0) is 17.4. The van der Waals surface area contributed by atoms with Crippen LogP contribution in [-0.4, -0.2) is 39.9 Å². The van der Waals surface area contributed by atoms with Gasteiger partial charge >= 0.3 is 6.03 Å². The number of alkyl halides is 1. The normalized spacial score (nSPS) is 18.4. The highest BCUT2D eigenvalue weighted by molar-refractivity contribution is 7.17. The molecule has 8 heteroatoms. The summed E-state index contributed by atoms with van der Waals surface area (Å²) in [5.41, 5.74) is 0.873. The standard InChI is InChI=1S/C17H16FN3O2S2/c18-12-3-5-20(8-12)16(23)19-17-21(9-14(10-22)25-17)13-1-2-15-11(7-13)4-6-24-15/h1-2,4,6-7,9,12,22H,3,5,8,10H2/t12-/m1/s1. The number of urea groups is 1. The van der Waals surface area contributed by atoms with Crippen LogP contribution in [0.5, 0.6) is 0 Å². The molecule has 4 rings (SSSR count). The number of aromatic nitrogens is 1. The second-order valence-electron chi connectivity index (χ2n) is 5.88. The molecule has 130 valence electrons. The summed E-state index contributed by atoms with van der Waals surface area (Å²) in [6.45, 7) is 0.370. The molecule has 0 spiro atoms. The van der Waals surface area contributed by atoms with Crippen LogP contribution in [0, 0.1) is 0 Å². The van der Waals surface area contributed by atoms with E-state index in [1.807, 2.05) is 29.6 Å². The third kappa shape index (κ3) is 3.24. The lowest BCUT2D eigenvalue weighted by Crippen LogP contribution is -2.28. The zero-order valence-corrected chi connectivity index (χ0v) is 14.9. The largest absolute Gasteiger partial charge is 0.391 e. The van der Waals surface area contributed by atoms with E-state index in [9.17, 15) is 14.3 Å². The molecule has 3 heterocycles. The van der Waals surface area contributed by atoms with Gasteiger partial charge in [-0.1, -0.05) is 11.3 Å². The van der Waals surface area contributed by atoms with Crippen LogP contribution < -0.4 is 4.80 Å². The minimum absolute atomic E-state index is 0.0986. The second-order valence-corrected chi connectivity index (χ2v) is 7.92. The minimum Gasteiger partial charge on any atom is -0.391 e. The number of halogens is 1. The molecule has 5 nitrogen and oxygen atoms in total. The van der Waals surface area contributed by atoms with Crippen LogP contribution >= 0.6 is 22.7 Å². The molecule has 25 heavy (non-hydrogen) atoms. The highest BCUT2D eigenvalue weighted by Gasteiger charge is 2.25. The molecule has 1 aliphatic heterocycles. The minimum atomic E-state index is -0.969. The number of amides is 2. The highest BCUT2D eigenvalue weighted by atomic mass is 32.1. The average molecular weight is 377 g/mol. The topological polar surface area (TPSA) is 57.8 Å². The van der Waals surface area contributed by atoms with Crippen molar-refractivity contribution in [3.05, 3.63) is 45.5 Å². The number of carbonyl (C=O) groups excluding carboxylic acids is 1. The number of rotatable bonds is 2. The van der Waals surface area contributed by atoms with Gasteiger partial charge < -0.3 is 10.0 Å². The number of aliphatic hydroxyl groups excluding tert-OH is 1. The van der Waals surface area contributed by atoms with E-state index in [-0.39, 0.29) is 13.2 Å². The first-order chi connectivity index (χ1) is 12.1. The summed E-state index contributed by atoms with van der Waals surface area (Å²) < 4.78 is 16.3. The van der Waals surface area contributed by atoms with Crippen LogP contribution in [0.3, 0.4) is 0 Å². The Hall–Kier alpha value is -2.03. The van der Waals surface area contributed by atoms with Gasteiger partial charge in [0, 0.05) is 23.1 Å².